The van der Waals surface area contributed by atoms with E-state index in [1.807, 2.05) is 50.2 Å². The largest absolute Gasteiger partial charge is 0.374 e. The molecule has 2 heterocycles. The van der Waals surface area contributed by atoms with Crippen LogP contribution in [0.3, 0.4) is 0 Å². The summed E-state index contributed by atoms with van der Waals surface area (Å²) in [5.74, 6) is 0. The molecule has 0 aliphatic carbocycles. The number of aryl methyl sites for hydroxylation is 1. The van der Waals surface area contributed by atoms with Gasteiger partial charge in [0.15, 0.2) is 0 Å². The minimum absolute atomic E-state index is 0.738. The van der Waals surface area contributed by atoms with Gasteiger partial charge in [-0.3, -0.25) is 0 Å². The Hall–Kier alpha value is -2.36. The van der Waals surface area contributed by atoms with Crippen LogP contribution in [0.25, 0.3) is 22.4 Å². The summed E-state index contributed by atoms with van der Waals surface area (Å²) in [5, 5.41) is 4.01. The van der Waals surface area contributed by atoms with E-state index in [0.717, 1.165) is 33.7 Å². The van der Waals surface area contributed by atoms with Crippen molar-refractivity contribution in [3.63, 3.8) is 0 Å². The fourth-order valence-corrected chi connectivity index (χ4v) is 2.10. The summed E-state index contributed by atoms with van der Waals surface area (Å²) in [7, 11) is 3.98. The van der Waals surface area contributed by atoms with E-state index in [-0.39, 0.29) is 0 Å². The number of nitrogens with zero attached hydrogens (tertiary/aromatic N) is 3. The van der Waals surface area contributed by atoms with Gasteiger partial charge in [-0.15, -0.1) is 0 Å². The molecule has 1 aromatic carbocycles. The highest BCUT2D eigenvalue weighted by atomic mass is 16.5. The molecule has 0 saturated carbocycles. The van der Waals surface area contributed by atoms with Crippen molar-refractivity contribution in [2.24, 2.45) is 0 Å². The predicted molar refractivity (Wildman–Crippen MR) is 76.3 cm³/mol. The van der Waals surface area contributed by atoms with E-state index >= 15 is 0 Å². The maximum Gasteiger partial charge on any atom is 0.208 e. The number of rotatable bonds is 2. The zero-order chi connectivity index (χ0) is 13.4. The minimum Gasteiger partial charge on any atom is -0.374 e. The van der Waals surface area contributed by atoms with Crippen LogP contribution in [0.5, 0.6) is 0 Å². The molecule has 0 spiro atoms. The van der Waals surface area contributed by atoms with E-state index in [0.29, 0.717) is 0 Å². The van der Waals surface area contributed by atoms with E-state index in [9.17, 15) is 0 Å². The molecule has 0 radical (unpaired) electrons. The van der Waals surface area contributed by atoms with Crippen LogP contribution in [0.15, 0.2) is 40.9 Å². The van der Waals surface area contributed by atoms with Crippen molar-refractivity contribution in [3.05, 3.63) is 42.1 Å². The van der Waals surface area contributed by atoms with Crippen LogP contribution >= 0.6 is 0 Å². The Morgan fingerprint density at radius 1 is 1.11 bits per heavy atom. The molecule has 0 unspecified atom stereocenters. The second kappa shape index (κ2) is 4.39. The molecule has 4 nitrogen and oxygen atoms in total. The molecule has 19 heavy (non-hydrogen) atoms. The lowest BCUT2D eigenvalue weighted by molar-refractivity contribution is 0.450. The molecule has 0 aliphatic rings. The van der Waals surface area contributed by atoms with E-state index in [1.54, 1.807) is 0 Å². The molecule has 0 N–H and O–H groups in total. The van der Waals surface area contributed by atoms with Gasteiger partial charge in [-0.2, -0.15) is 0 Å². The maximum absolute atomic E-state index is 5.38. The maximum atomic E-state index is 5.38. The Labute approximate surface area is 111 Å². The first-order valence-corrected chi connectivity index (χ1v) is 6.16. The van der Waals surface area contributed by atoms with Crippen LogP contribution in [-0.2, 0) is 0 Å². The van der Waals surface area contributed by atoms with Crippen molar-refractivity contribution in [1.82, 2.24) is 10.1 Å². The van der Waals surface area contributed by atoms with Crippen molar-refractivity contribution in [2.75, 3.05) is 19.0 Å². The molecule has 0 amide bonds. The molecule has 96 valence electrons. The summed E-state index contributed by atoms with van der Waals surface area (Å²) < 4.78 is 5.38. The van der Waals surface area contributed by atoms with Crippen molar-refractivity contribution in [3.8, 4) is 11.3 Å². The van der Waals surface area contributed by atoms with Crippen LogP contribution in [0.1, 0.15) is 5.69 Å². The number of hydrogen-bond acceptors (Lipinski definition) is 4. The summed E-state index contributed by atoms with van der Waals surface area (Å²) in [5.41, 5.74) is 5.39. The van der Waals surface area contributed by atoms with Crippen LogP contribution in [-0.4, -0.2) is 24.2 Å². The number of aromatic nitrogens is 2. The average Bonchev–Trinajstić information content (AvgIpc) is 2.80. The topological polar surface area (TPSA) is 42.2 Å². The van der Waals surface area contributed by atoms with Crippen LogP contribution in [0.4, 0.5) is 5.69 Å². The highest BCUT2D eigenvalue weighted by molar-refractivity contribution is 5.90. The highest BCUT2D eigenvalue weighted by Gasteiger charge is 2.15. The van der Waals surface area contributed by atoms with Crippen molar-refractivity contribution >= 4 is 16.8 Å². The second-order valence-electron chi connectivity index (χ2n) is 4.73. The zero-order valence-electron chi connectivity index (χ0n) is 11.2. The van der Waals surface area contributed by atoms with Gasteiger partial charge >= 0.3 is 0 Å². The smallest absolute Gasteiger partial charge is 0.208 e. The van der Waals surface area contributed by atoms with Crippen LogP contribution in [0.2, 0.25) is 0 Å². The van der Waals surface area contributed by atoms with E-state index in [2.05, 4.69) is 22.3 Å². The third-order valence-electron chi connectivity index (χ3n) is 3.12. The predicted octanol–water partition coefficient (Wildman–Crippen LogP) is 3.26. The monoisotopic (exact) mass is 253 g/mol. The van der Waals surface area contributed by atoms with Crippen LogP contribution < -0.4 is 4.90 Å². The molecule has 0 atom stereocenters. The lowest BCUT2D eigenvalue weighted by Gasteiger charge is -2.13. The summed E-state index contributed by atoms with van der Waals surface area (Å²) >= 11 is 0. The number of benzene rings is 1. The van der Waals surface area contributed by atoms with Gasteiger partial charge in [0.2, 0.25) is 5.58 Å². The Balaban J connectivity index is 2.30. The van der Waals surface area contributed by atoms with Gasteiger partial charge in [0.1, 0.15) is 11.2 Å². The van der Waals surface area contributed by atoms with Gasteiger partial charge < -0.3 is 9.42 Å². The highest BCUT2D eigenvalue weighted by Crippen LogP contribution is 2.31. The zero-order valence-corrected chi connectivity index (χ0v) is 11.2. The molecular weight excluding hydrogens is 238 g/mol. The van der Waals surface area contributed by atoms with Crippen LogP contribution in [0, 0.1) is 6.92 Å². The molecule has 4 heteroatoms. The van der Waals surface area contributed by atoms with E-state index in [4.69, 9.17) is 4.52 Å². The quantitative estimate of drug-likeness (QED) is 0.703. The SMILES string of the molecule is Cc1noc2c(N(C)C)cc(-c3ccccc3)nc12. The third-order valence-corrected chi connectivity index (χ3v) is 3.12. The standard InChI is InChI=1S/C15H15N3O/c1-10-14-15(19-17-10)13(18(2)3)9-12(16-14)11-7-5-4-6-8-11/h4-9H,1-3H3. The summed E-state index contributed by atoms with van der Waals surface area (Å²) in [6.07, 6.45) is 0. The lowest BCUT2D eigenvalue weighted by atomic mass is 10.1. The second-order valence-corrected chi connectivity index (χ2v) is 4.73. The van der Waals surface area contributed by atoms with E-state index < -0.39 is 0 Å². The Morgan fingerprint density at radius 2 is 1.84 bits per heavy atom. The van der Waals surface area contributed by atoms with Crippen molar-refractivity contribution < 1.29 is 4.52 Å². The number of fused-ring (bicyclic) bond motifs is 1. The Morgan fingerprint density at radius 3 is 2.53 bits per heavy atom. The minimum atomic E-state index is 0.738. The summed E-state index contributed by atoms with van der Waals surface area (Å²) in [6, 6.07) is 12.2. The van der Waals surface area contributed by atoms with Gasteiger partial charge in [0.25, 0.3) is 0 Å². The molecule has 0 fully saturated rings. The Kier molecular flexibility index (Phi) is 2.71. The summed E-state index contributed by atoms with van der Waals surface area (Å²) in [4.78, 5) is 6.68. The first-order chi connectivity index (χ1) is 9.16. The van der Waals surface area contributed by atoms with Gasteiger partial charge in [0.05, 0.1) is 11.4 Å². The first kappa shape index (κ1) is 11.7. The number of pyridine rings is 1. The fourth-order valence-electron chi connectivity index (χ4n) is 2.10. The molecule has 0 saturated heterocycles. The molecule has 3 aromatic rings. The molecule has 2 aromatic heterocycles. The average molecular weight is 253 g/mol. The molecule has 0 aliphatic heterocycles. The van der Waals surface area contributed by atoms with Gasteiger partial charge in [0, 0.05) is 19.7 Å². The molecular formula is C15H15N3O. The summed E-state index contributed by atoms with van der Waals surface area (Å²) in [6.45, 7) is 1.91. The van der Waals surface area contributed by atoms with Gasteiger partial charge in [-0.1, -0.05) is 35.5 Å². The van der Waals surface area contributed by atoms with Gasteiger partial charge in [-0.05, 0) is 13.0 Å². The first-order valence-electron chi connectivity index (χ1n) is 6.16. The lowest BCUT2D eigenvalue weighted by Crippen LogP contribution is -2.09. The van der Waals surface area contributed by atoms with Gasteiger partial charge in [-0.25, -0.2) is 4.98 Å². The fraction of sp³-hybridized carbons (Fsp3) is 0.200. The van der Waals surface area contributed by atoms with Crippen molar-refractivity contribution in [2.45, 2.75) is 6.92 Å². The molecule has 0 bridgehead atoms. The third kappa shape index (κ3) is 1.95. The Bertz CT molecular complexity index is 717. The number of anilines is 1. The molecule has 3 rings (SSSR count). The van der Waals surface area contributed by atoms with E-state index in [1.165, 1.54) is 0 Å². The number of hydrogen-bond donors (Lipinski definition) is 0. The normalized spacial score (nSPS) is 10.9. The van der Waals surface area contributed by atoms with Crippen molar-refractivity contribution in [1.29, 1.82) is 0 Å².